The monoisotopic (exact) mass is 289 g/mol. The first-order valence-corrected chi connectivity index (χ1v) is 6.57. The highest BCUT2D eigenvalue weighted by Crippen LogP contribution is 2.33. The third-order valence-corrected chi connectivity index (χ3v) is 3.54. The molecule has 3 rings (SSSR count). The Labute approximate surface area is 117 Å². The van der Waals surface area contributed by atoms with Gasteiger partial charge in [-0.2, -0.15) is 0 Å². The average Bonchev–Trinajstić information content (AvgIpc) is 3.08. The van der Waals surface area contributed by atoms with Crippen molar-refractivity contribution in [1.29, 1.82) is 0 Å². The van der Waals surface area contributed by atoms with Gasteiger partial charge in [0.15, 0.2) is 11.5 Å². The fourth-order valence-corrected chi connectivity index (χ4v) is 2.45. The molecule has 0 unspecified atom stereocenters. The minimum atomic E-state index is -1.25. The second-order valence-corrected chi connectivity index (χ2v) is 4.91. The fraction of sp³-hybridized carbons (Fsp3) is 0. The molecule has 3 aromatic rings. The van der Waals surface area contributed by atoms with Crippen molar-refractivity contribution in [3.05, 3.63) is 53.3 Å². The number of nitrogens with zero attached hydrogens (tertiary/aromatic N) is 1. The van der Waals surface area contributed by atoms with Crippen LogP contribution in [0.5, 0.6) is 0 Å². The summed E-state index contributed by atoms with van der Waals surface area (Å²) < 4.78 is 19.3. The third kappa shape index (κ3) is 2.10. The number of hydrogen-bond donors (Lipinski definition) is 1. The van der Waals surface area contributed by atoms with Gasteiger partial charge in [-0.3, -0.25) is 0 Å². The lowest BCUT2D eigenvalue weighted by Gasteiger charge is -1.99. The van der Waals surface area contributed by atoms with E-state index in [0.29, 0.717) is 4.88 Å². The molecule has 0 bridgehead atoms. The predicted molar refractivity (Wildman–Crippen MR) is 72.2 cm³/mol. The Balaban J connectivity index is 2.20. The zero-order valence-corrected chi connectivity index (χ0v) is 10.9. The zero-order valence-electron chi connectivity index (χ0n) is 10.0. The van der Waals surface area contributed by atoms with Crippen LogP contribution in [0.4, 0.5) is 4.39 Å². The van der Waals surface area contributed by atoms with Gasteiger partial charge in [0.2, 0.25) is 5.89 Å². The second-order valence-electron chi connectivity index (χ2n) is 3.96. The van der Waals surface area contributed by atoms with Gasteiger partial charge in [-0.25, -0.2) is 14.2 Å². The van der Waals surface area contributed by atoms with E-state index in [1.165, 1.54) is 29.5 Å². The van der Waals surface area contributed by atoms with Gasteiger partial charge in [0.25, 0.3) is 0 Å². The van der Waals surface area contributed by atoms with E-state index in [4.69, 9.17) is 4.42 Å². The number of rotatable bonds is 3. The molecular weight excluding hydrogens is 281 g/mol. The lowest BCUT2D eigenvalue weighted by Crippen LogP contribution is -1.99. The Bertz CT molecular complexity index is 765. The number of carboxylic acid groups (broad SMARTS) is 1. The zero-order chi connectivity index (χ0) is 14.1. The van der Waals surface area contributed by atoms with E-state index in [-0.39, 0.29) is 22.9 Å². The largest absolute Gasteiger partial charge is 0.476 e. The number of halogens is 1. The normalized spacial score (nSPS) is 10.7. The first kappa shape index (κ1) is 12.6. The van der Waals surface area contributed by atoms with E-state index in [2.05, 4.69) is 4.98 Å². The summed E-state index contributed by atoms with van der Waals surface area (Å²) in [4.78, 5) is 15.9. The number of benzene rings is 1. The first-order valence-electron chi connectivity index (χ1n) is 5.69. The maximum Gasteiger partial charge on any atom is 0.358 e. The van der Waals surface area contributed by atoms with Crippen LogP contribution < -0.4 is 0 Å². The van der Waals surface area contributed by atoms with Gasteiger partial charge in [-0.15, -0.1) is 11.3 Å². The summed E-state index contributed by atoms with van der Waals surface area (Å²) in [6, 6.07) is 9.39. The maximum atomic E-state index is 13.8. The van der Waals surface area contributed by atoms with Crippen molar-refractivity contribution < 1.29 is 18.7 Å². The lowest BCUT2D eigenvalue weighted by atomic mass is 10.1. The maximum absolute atomic E-state index is 13.8. The number of hydrogen-bond acceptors (Lipinski definition) is 4. The molecule has 20 heavy (non-hydrogen) atoms. The van der Waals surface area contributed by atoms with Crippen LogP contribution in [0.3, 0.4) is 0 Å². The van der Waals surface area contributed by atoms with Gasteiger partial charge in [-0.1, -0.05) is 18.2 Å². The van der Waals surface area contributed by atoms with Crippen LogP contribution in [0.25, 0.3) is 22.1 Å². The number of aromatic nitrogens is 1. The van der Waals surface area contributed by atoms with Crippen molar-refractivity contribution in [2.45, 2.75) is 0 Å². The van der Waals surface area contributed by atoms with Gasteiger partial charge < -0.3 is 9.52 Å². The molecule has 0 radical (unpaired) electrons. The highest BCUT2D eigenvalue weighted by molar-refractivity contribution is 7.13. The Hall–Kier alpha value is -2.47. The molecular formula is C14H8FNO3S. The summed E-state index contributed by atoms with van der Waals surface area (Å²) in [5.74, 6) is -1.70. The van der Waals surface area contributed by atoms with Crippen LogP contribution >= 0.6 is 11.3 Å². The lowest BCUT2D eigenvalue weighted by molar-refractivity contribution is 0.0691. The molecule has 0 atom stereocenters. The minimum absolute atomic E-state index is 0.0704. The van der Waals surface area contributed by atoms with Gasteiger partial charge in [0.1, 0.15) is 5.82 Å². The first-order chi connectivity index (χ1) is 9.66. The van der Waals surface area contributed by atoms with E-state index in [1.54, 1.807) is 18.2 Å². The molecule has 0 aliphatic carbocycles. The molecule has 2 aromatic heterocycles. The molecule has 4 nitrogen and oxygen atoms in total. The smallest absolute Gasteiger partial charge is 0.358 e. The van der Waals surface area contributed by atoms with E-state index in [0.717, 1.165) is 0 Å². The Morgan fingerprint density at radius 2 is 2.05 bits per heavy atom. The van der Waals surface area contributed by atoms with Gasteiger partial charge >= 0.3 is 5.97 Å². The van der Waals surface area contributed by atoms with Crippen LogP contribution in [0.1, 0.15) is 10.5 Å². The summed E-state index contributed by atoms with van der Waals surface area (Å²) in [6.45, 7) is 0. The van der Waals surface area contributed by atoms with Crippen LogP contribution in [-0.4, -0.2) is 16.1 Å². The van der Waals surface area contributed by atoms with E-state index >= 15 is 0 Å². The molecule has 6 heteroatoms. The van der Waals surface area contributed by atoms with E-state index in [1.807, 2.05) is 5.38 Å². The van der Waals surface area contributed by atoms with Gasteiger partial charge in [0.05, 0.1) is 10.4 Å². The molecule has 0 amide bonds. The third-order valence-electron chi connectivity index (χ3n) is 2.68. The second kappa shape index (κ2) is 4.90. The Kier molecular flexibility index (Phi) is 3.08. The molecule has 1 aromatic carbocycles. The van der Waals surface area contributed by atoms with Crippen molar-refractivity contribution in [1.82, 2.24) is 4.98 Å². The minimum Gasteiger partial charge on any atom is -0.476 e. The Morgan fingerprint density at radius 1 is 1.25 bits per heavy atom. The van der Waals surface area contributed by atoms with E-state index < -0.39 is 11.8 Å². The summed E-state index contributed by atoms with van der Waals surface area (Å²) in [5.41, 5.74) is -0.210. The molecule has 0 spiro atoms. The topological polar surface area (TPSA) is 63.3 Å². The highest BCUT2D eigenvalue weighted by atomic mass is 32.1. The van der Waals surface area contributed by atoms with Crippen molar-refractivity contribution in [2.24, 2.45) is 0 Å². The Morgan fingerprint density at radius 3 is 2.70 bits per heavy atom. The van der Waals surface area contributed by atoms with Crippen LogP contribution in [-0.2, 0) is 0 Å². The van der Waals surface area contributed by atoms with Gasteiger partial charge in [-0.05, 0) is 23.6 Å². The van der Waals surface area contributed by atoms with Gasteiger partial charge in [0, 0.05) is 0 Å². The average molecular weight is 289 g/mol. The molecule has 1 N–H and O–H groups in total. The van der Waals surface area contributed by atoms with Crippen LogP contribution in [0.2, 0.25) is 0 Å². The number of carboxylic acids is 1. The molecule has 0 aliphatic heterocycles. The van der Waals surface area contributed by atoms with Crippen molar-refractivity contribution in [3.8, 4) is 22.1 Å². The quantitative estimate of drug-likeness (QED) is 0.794. The standard InChI is InChI=1S/C14H8FNO3S/c15-9-5-2-1-4-8(9)12-11(14(17)18)16-13(19-12)10-6-3-7-20-10/h1-7H,(H,17,18). The number of carbonyl (C=O) groups is 1. The number of aromatic carboxylic acids is 1. The summed E-state index contributed by atoms with van der Waals surface area (Å²) >= 11 is 1.37. The SMILES string of the molecule is O=C(O)c1nc(-c2cccs2)oc1-c1ccccc1F. The number of oxazole rings is 1. The van der Waals surface area contributed by atoms with Crippen LogP contribution in [0.15, 0.2) is 46.2 Å². The summed E-state index contributed by atoms with van der Waals surface area (Å²) in [5, 5.41) is 11.0. The molecule has 2 heterocycles. The highest BCUT2D eigenvalue weighted by Gasteiger charge is 2.23. The molecule has 0 fully saturated rings. The number of thiophene rings is 1. The van der Waals surface area contributed by atoms with Crippen LogP contribution in [0, 0.1) is 5.82 Å². The predicted octanol–water partition coefficient (Wildman–Crippen LogP) is 3.91. The molecule has 100 valence electrons. The molecule has 0 aliphatic rings. The fourth-order valence-electron chi connectivity index (χ4n) is 1.80. The van der Waals surface area contributed by atoms with Crippen molar-refractivity contribution >= 4 is 17.3 Å². The molecule has 0 saturated heterocycles. The van der Waals surface area contributed by atoms with E-state index in [9.17, 15) is 14.3 Å². The summed E-state index contributed by atoms with van der Waals surface area (Å²) in [7, 11) is 0. The molecule has 0 saturated carbocycles. The summed E-state index contributed by atoms with van der Waals surface area (Å²) in [6.07, 6.45) is 0. The van der Waals surface area contributed by atoms with Crippen molar-refractivity contribution in [3.63, 3.8) is 0 Å². The van der Waals surface area contributed by atoms with Crippen molar-refractivity contribution in [2.75, 3.05) is 0 Å².